The zero-order chi connectivity index (χ0) is 95.8. The van der Waals surface area contributed by atoms with Crippen molar-refractivity contribution in [3.05, 3.63) is 218 Å². The molecule has 1 amide bonds. The monoisotopic (exact) mass is 2730 g/mol. The Balaban J connectivity index is 0.000000793. The number of benzene rings is 6. The number of aliphatic hydroxyl groups is 1. The van der Waals surface area contributed by atoms with Crippen LogP contribution < -0.4 is 5.32 Å². The molecule has 0 aliphatic carbocycles. The number of aryl methyl sites for hydroxylation is 3. The second kappa shape index (κ2) is 90.7. The first-order chi connectivity index (χ1) is 62.6. The first kappa shape index (κ1) is 131. The molecule has 6 aromatic carbocycles. The first-order valence-corrected chi connectivity index (χ1v) is 97.4. The largest absolute Gasteiger partial charge is 0.481 e. The number of nitrogens with one attached hydrogen (secondary N) is 1. The number of esters is 2. The highest BCUT2D eigenvalue weighted by Crippen LogP contribution is 2.24. The summed E-state index contributed by atoms with van der Waals surface area (Å²) in [7, 11) is 78.1. The zero-order valence-corrected chi connectivity index (χ0v) is 108. The van der Waals surface area contributed by atoms with Gasteiger partial charge in [-0.15, -0.1) is 0 Å². The second-order valence-electron chi connectivity index (χ2n) is 23.0. The number of Topliss-reactive ketones (excluding diaryl/α,β-unsaturated/α-hetero) is 3. The van der Waals surface area contributed by atoms with Gasteiger partial charge in [0.2, 0.25) is 5.78 Å². The number of hydrogen-bond donors (Lipinski definition) is 3. The van der Waals surface area contributed by atoms with Gasteiger partial charge in [0, 0.05) is 484 Å². The van der Waals surface area contributed by atoms with Gasteiger partial charge in [0.25, 0.3) is 0 Å². The molecule has 0 bridgehead atoms. The van der Waals surface area contributed by atoms with Gasteiger partial charge in [0.15, 0.2) is 17.7 Å². The minimum absolute atomic E-state index is 0.0629. The Morgan fingerprint density at radius 1 is 0.362 bits per heavy atom. The molecule has 0 spiro atoms. The lowest BCUT2D eigenvalue weighted by atomic mass is 10.00. The maximum atomic E-state index is 12.8. The summed E-state index contributed by atoms with van der Waals surface area (Å²) in [6.45, 7) is 9.96. The highest BCUT2D eigenvalue weighted by molar-refractivity contribution is 8.81. The topological polar surface area (TPSA) is 236 Å². The molecule has 0 heterocycles. The Hall–Kier alpha value is 3.00. The van der Waals surface area contributed by atoms with Crippen LogP contribution in [0.4, 0.5) is 4.79 Å². The normalized spacial score (nSPS) is 9.89. The molecule has 3 N–H and O–H groups in total. The molecule has 0 saturated heterocycles. The van der Waals surface area contributed by atoms with Crippen LogP contribution in [0.25, 0.3) is 5.53 Å². The van der Waals surface area contributed by atoms with E-state index < -0.39 is 54.0 Å². The van der Waals surface area contributed by atoms with Crippen LogP contribution in [0.2, 0.25) is 15.1 Å². The minimum Gasteiger partial charge on any atom is -0.481 e. The molecule has 6 rings (SSSR count). The first-order valence-electron chi connectivity index (χ1n) is 33.6. The third-order valence-corrected chi connectivity index (χ3v) is 108. The molecule has 0 aliphatic rings. The third-order valence-electron chi connectivity index (χ3n) is 12.1. The van der Waals surface area contributed by atoms with Crippen LogP contribution in [0.5, 0.6) is 0 Å². The Labute approximate surface area is 917 Å². The summed E-state index contributed by atoms with van der Waals surface area (Å²) in [5.41, 5.74) is 12.8. The fraction of sp³-hybridized carbons (Fsp3) is 0.302. The Kier molecular flexibility index (Phi) is 91.4. The third kappa shape index (κ3) is 81.3. The van der Waals surface area contributed by atoms with E-state index >= 15 is 0 Å². The number of carboxylic acids is 1. The Bertz CT molecular complexity index is 6960. The molecule has 6 aromatic rings. The molecule has 67 heteroatoms. The second-order valence-corrected chi connectivity index (χ2v) is 104. The number of carboxylic acid groups (broad SMARTS) is 1. The lowest BCUT2D eigenvalue weighted by Crippen LogP contribution is -2.36. The Morgan fingerprint density at radius 2 is 0.638 bits per heavy atom. The average Bonchev–Trinajstić information content (AvgIpc) is 0.482. The number of carbonyl (C=O) groups is 7. The number of alkyl carbamates (subject to hydrolysis) is 1. The lowest BCUT2D eigenvalue weighted by molar-refractivity contribution is -0.157. The summed E-state index contributed by atoms with van der Waals surface area (Å²) < 4.78 is 15.4. The highest BCUT2D eigenvalue weighted by Gasteiger charge is 2.27. The molecule has 130 heavy (non-hydrogen) atoms. The van der Waals surface area contributed by atoms with Crippen LogP contribution in [0.3, 0.4) is 0 Å². The molecule has 0 fully saturated rings. The zero-order valence-electron chi connectivity index (χ0n) is 66.1. The predicted molar refractivity (Wildman–Crippen MR) is 673 cm³/mol. The highest BCUT2D eigenvalue weighted by atomic mass is 35.5. The minimum atomic E-state index is -1.08. The van der Waals surface area contributed by atoms with Gasteiger partial charge >= 0.3 is 29.7 Å². The maximum Gasteiger partial charge on any atom is 0.408 e. The van der Waals surface area contributed by atoms with E-state index in [0.29, 0.717) is 63.9 Å². The maximum absolute atomic E-state index is 12.8. The quantitative estimate of drug-likeness (QED) is 0.0200. The average molecular weight is 2740 g/mol. The van der Waals surface area contributed by atoms with E-state index in [1.807, 2.05) is 189 Å². The van der Waals surface area contributed by atoms with Crippen LogP contribution in [-0.2, 0) is 507 Å². The molecule has 0 aromatic heterocycles. The number of ether oxygens (including phenoxy) is 3. The van der Waals surface area contributed by atoms with E-state index in [1.54, 1.807) is 381 Å². The van der Waals surface area contributed by atoms with E-state index in [9.17, 15) is 38.7 Å². The van der Waals surface area contributed by atoms with Crippen molar-refractivity contribution in [2.75, 3.05) is 6.54 Å². The van der Waals surface area contributed by atoms with Crippen LogP contribution in [-0.4, -0.2) is 79.8 Å². The van der Waals surface area contributed by atoms with Crippen molar-refractivity contribution in [1.29, 1.82) is 0 Å². The number of amides is 1. The number of carbonyl (C=O) groups excluding carboxylic acids is 6. The molecule has 2 atom stereocenters. The van der Waals surface area contributed by atoms with Crippen molar-refractivity contribution in [3.8, 4) is 0 Å². The van der Waals surface area contributed by atoms with Crippen LogP contribution in [0.15, 0.2) is 164 Å². The van der Waals surface area contributed by atoms with E-state index in [4.69, 9.17) is 104 Å². The molecule has 0 saturated carbocycles. The molecular formula is C63H68Cl3N3O12S49. The fourth-order valence-corrected chi connectivity index (χ4v) is 120. The molecule has 722 valence electrons. The van der Waals surface area contributed by atoms with Crippen molar-refractivity contribution < 1.29 is 62.8 Å². The van der Waals surface area contributed by atoms with Crippen molar-refractivity contribution in [2.45, 2.75) is 116 Å². The molecular weight excluding hydrogens is 2670 g/mol. The predicted octanol–water partition coefficient (Wildman–Crippen LogP) is 12.9. The number of halogens is 3. The van der Waals surface area contributed by atoms with Crippen LogP contribution in [0.1, 0.15) is 119 Å². The molecule has 0 aliphatic heterocycles. The van der Waals surface area contributed by atoms with Gasteiger partial charge in [-0.05, 0) is 132 Å². The van der Waals surface area contributed by atoms with Crippen molar-refractivity contribution >= 4 is 526 Å². The number of ketones is 3. The number of hydrogen-bond acceptors (Lipinski definition) is 15. The van der Waals surface area contributed by atoms with Crippen molar-refractivity contribution in [1.82, 2.24) is 5.32 Å². The molecule has 2 unspecified atom stereocenters. The van der Waals surface area contributed by atoms with Gasteiger partial charge < -0.3 is 35.3 Å². The smallest absolute Gasteiger partial charge is 0.408 e. The van der Waals surface area contributed by atoms with Gasteiger partial charge in [-0.3, -0.25) is 28.8 Å². The van der Waals surface area contributed by atoms with Crippen LogP contribution >= 0.6 is 34.8 Å². The summed E-state index contributed by atoms with van der Waals surface area (Å²) in [5.74, 6) is -2.81. The number of aliphatic carboxylic acids is 1. The van der Waals surface area contributed by atoms with Gasteiger partial charge in [-0.1, -0.05) is 150 Å². The fourth-order valence-electron chi connectivity index (χ4n) is 7.48. The van der Waals surface area contributed by atoms with Crippen LogP contribution in [0, 0.1) is 0 Å². The molecule has 0 radical (unpaired) electrons. The summed E-state index contributed by atoms with van der Waals surface area (Å²) in [4.78, 5) is 84.9. The van der Waals surface area contributed by atoms with E-state index in [0.717, 1.165) is 16.7 Å². The van der Waals surface area contributed by atoms with Crippen molar-refractivity contribution in [3.63, 3.8) is 0 Å². The summed E-state index contributed by atoms with van der Waals surface area (Å²) in [5, 5.41) is 22.2. The summed E-state index contributed by atoms with van der Waals surface area (Å²) in [6.07, 6.45) is -0.516. The lowest BCUT2D eigenvalue weighted by Gasteiger charge is -2.20. The summed E-state index contributed by atoms with van der Waals surface area (Å²) >= 11 is 36.6. The number of aliphatic hydroxyl groups excluding tert-OH is 1. The molecule has 15 nitrogen and oxygen atoms in total. The van der Waals surface area contributed by atoms with Gasteiger partial charge in [-0.25, -0.2) is 4.79 Å². The van der Waals surface area contributed by atoms with Gasteiger partial charge in [0.05, 0.1) is 18.4 Å². The van der Waals surface area contributed by atoms with Gasteiger partial charge in [0.1, 0.15) is 23.9 Å². The Morgan fingerprint density at radius 3 is 0.923 bits per heavy atom. The van der Waals surface area contributed by atoms with Crippen molar-refractivity contribution in [2.24, 2.45) is 0 Å². The van der Waals surface area contributed by atoms with Gasteiger partial charge in [-0.2, -0.15) is 4.79 Å². The summed E-state index contributed by atoms with van der Waals surface area (Å²) in [6, 6.07) is 48.9. The number of nitrogens with zero attached hydrogens (tertiary/aromatic N) is 2. The van der Waals surface area contributed by atoms with E-state index in [-0.39, 0.29) is 42.3 Å². The SMILES string of the molecule is CC(C)(C)OC(=O)CCC(=O)O.CC(C)(C)OC(=O)NCC(=O)OC(C(=O)CCc1ccccc1)c1ccc(Cl)cc1.O=C(CCc1ccccc1)C(O)c1ccc(Cl)cc1.S=S=S=S=S=S=S=S=S=S=S=S=S=S=S=S=S=S=S=S=S=S=S=S.S=S=S=S=S=S=S=S=S=S=S=S=S=S=S=S=S=S=S=S=S=S=S=S=S.[N-]=[N+]=C(C(=O)CCc1ccccc1)c1ccc(Cl)cc1. The van der Waals surface area contributed by atoms with E-state index in [2.05, 4.69) is 10.1 Å². The standard InChI is InChI=1S/C23H26ClNO5.C16H13ClN2O.C16H15ClO2.C8H14O4.S25.S24/c1-23(2,3)30-22(28)25-15-20(27)29-21(17-10-12-18(24)13-11-17)19(26)14-9-16-7-5-4-6-8-16;17-14-9-7-13(8-10-14)16(19-18)15(20)11-6-12-4-2-1-3-5-12;17-14-9-7-13(8-10-14)16(19)15(18)11-6-12-4-2-1-3-5-12;1-8(2,3)12-7(11)5-4-6(9)10;1-3-5-7-9-11-13-15-17-19-21-23-25-24-22-20-18-16-14-12-10-8-6-4-2;1-3-5-7-9-11-13-15-17-19-21-23-24-22-20-18-16-14-12-10-8-6-4-2/h4-8,10-13,21H,9,14-15H2,1-3H3,(H,25,28);1-5,7-10H,6,11H2;1-5,7-10,16,19H,6,11H2;4-5H2,1-3H3,(H,9,10);;. The number of rotatable bonds is 21. The van der Waals surface area contributed by atoms with E-state index in [1.165, 1.54) is 35.5 Å².